The van der Waals surface area contributed by atoms with Gasteiger partial charge in [-0.3, -0.25) is 0 Å². The van der Waals surface area contributed by atoms with Crippen LogP contribution < -0.4 is 0 Å². The topological polar surface area (TPSA) is 104 Å². The van der Waals surface area contributed by atoms with Gasteiger partial charge in [-0.1, -0.05) is 37.6 Å². The normalized spacial score (nSPS) is 50.4. The van der Waals surface area contributed by atoms with Crippen molar-refractivity contribution in [1.82, 2.24) is 0 Å². The van der Waals surface area contributed by atoms with Crippen molar-refractivity contribution in [1.29, 1.82) is 0 Å². The molecule has 9 heteroatoms. The molecule has 3 aliphatic heterocycles. The molecule has 3 aliphatic carbocycles. The number of hydrogen-bond donors (Lipinski definition) is 1. The Kier molecular flexibility index (Phi) is 5.07. The summed E-state index contributed by atoms with van der Waals surface area (Å²) in [7, 11) is 1.32. The molecule has 0 amide bonds. The van der Waals surface area contributed by atoms with Gasteiger partial charge >= 0.3 is 11.9 Å². The number of hydrogen-bond acceptors (Lipinski definition) is 8. The van der Waals surface area contributed by atoms with Crippen molar-refractivity contribution in [2.24, 2.45) is 34.5 Å². The number of carbonyl (C=O) groups is 2. The van der Waals surface area contributed by atoms with Crippen LogP contribution in [0.2, 0.25) is 5.02 Å². The first-order chi connectivity index (χ1) is 17.7. The van der Waals surface area contributed by atoms with E-state index in [1.165, 1.54) is 13.2 Å². The van der Waals surface area contributed by atoms with Crippen LogP contribution in [-0.4, -0.2) is 67.1 Å². The third kappa shape index (κ3) is 2.99. The molecule has 2 bridgehead atoms. The third-order valence-electron chi connectivity index (χ3n) is 10.5. The highest BCUT2D eigenvalue weighted by atomic mass is 35.5. The standard InChI is InChI=1S/C28H31ClO8/c1-13-16-10-19-27-12-34-28(25(32)33-3,8-7-18(27)26(16,2)11-17-21(13)35-17)22(27)20(30)24(36-19)37-23(31)14-5-4-6-15(29)9-14/h4-9,13,16-22,24,30H,10-12H2,1-3H3/t13-,16-,17-,18+,19+,20+,21+,22+,24-,26-,27-,28+/m0/s1. The van der Waals surface area contributed by atoms with Crippen LogP contribution in [0.25, 0.3) is 0 Å². The Balaban J connectivity index is 1.31. The first-order valence-electron chi connectivity index (χ1n) is 13.0. The number of epoxide rings is 1. The number of ether oxygens (including phenoxy) is 5. The Bertz CT molecular complexity index is 1200. The lowest BCUT2D eigenvalue weighted by Gasteiger charge is -2.66. The van der Waals surface area contributed by atoms with Crippen LogP contribution in [0.15, 0.2) is 36.4 Å². The lowest BCUT2D eigenvalue weighted by Crippen LogP contribution is -2.72. The van der Waals surface area contributed by atoms with Crippen molar-refractivity contribution in [2.45, 2.75) is 63.0 Å². The monoisotopic (exact) mass is 530 g/mol. The molecule has 1 aromatic rings. The van der Waals surface area contributed by atoms with E-state index in [0.29, 0.717) is 23.3 Å². The van der Waals surface area contributed by atoms with E-state index in [1.807, 2.05) is 0 Å². The number of aliphatic hydroxyl groups excluding tert-OH is 1. The van der Waals surface area contributed by atoms with E-state index in [-0.39, 0.29) is 35.7 Å². The maximum atomic E-state index is 13.2. The molecule has 1 aromatic carbocycles. The van der Waals surface area contributed by atoms with Gasteiger partial charge in [0.1, 0.15) is 6.10 Å². The predicted molar refractivity (Wildman–Crippen MR) is 129 cm³/mol. The summed E-state index contributed by atoms with van der Waals surface area (Å²) in [5.74, 6) is -1.31. The molecule has 3 heterocycles. The van der Waals surface area contributed by atoms with Crippen LogP contribution in [0.5, 0.6) is 0 Å². The molecule has 7 rings (SSSR count). The Morgan fingerprint density at radius 1 is 1.24 bits per heavy atom. The van der Waals surface area contributed by atoms with Gasteiger partial charge < -0.3 is 28.8 Å². The van der Waals surface area contributed by atoms with Crippen LogP contribution in [0, 0.1) is 34.5 Å². The quantitative estimate of drug-likeness (QED) is 0.361. The molecule has 1 N–H and O–H groups in total. The van der Waals surface area contributed by atoms with Crippen molar-refractivity contribution in [2.75, 3.05) is 13.7 Å². The van der Waals surface area contributed by atoms with E-state index < -0.39 is 47.4 Å². The number of carbonyl (C=O) groups excluding carboxylic acids is 2. The SMILES string of the molecule is COC(=O)[C@@]12C=C[C@@H]3[C@@]4(C)C[C@@H]5O[C@@H]5[C@@H](C)[C@@H]4C[C@H]4O[C@@H](OC(=O)c5cccc(Cl)c5)[C@H](O)[C@@H]1[C@@]34CO2. The molecule has 198 valence electrons. The zero-order chi connectivity index (χ0) is 25.9. The number of aliphatic hydroxyl groups is 1. The molecule has 37 heavy (non-hydrogen) atoms. The van der Waals surface area contributed by atoms with Crippen molar-refractivity contribution < 1.29 is 38.4 Å². The second kappa shape index (κ2) is 7.79. The first kappa shape index (κ1) is 24.1. The van der Waals surface area contributed by atoms with Gasteiger partial charge in [0.2, 0.25) is 6.29 Å². The van der Waals surface area contributed by atoms with Crippen molar-refractivity contribution in [3.05, 3.63) is 47.0 Å². The molecule has 1 spiro atoms. The van der Waals surface area contributed by atoms with E-state index >= 15 is 0 Å². The maximum Gasteiger partial charge on any atom is 0.342 e. The number of rotatable bonds is 3. The van der Waals surface area contributed by atoms with Gasteiger partial charge in [-0.2, -0.15) is 0 Å². The van der Waals surface area contributed by atoms with E-state index in [4.69, 9.17) is 35.3 Å². The third-order valence-corrected chi connectivity index (χ3v) is 10.7. The molecule has 0 radical (unpaired) electrons. The minimum Gasteiger partial charge on any atom is -0.467 e. The maximum absolute atomic E-state index is 13.2. The zero-order valence-electron chi connectivity index (χ0n) is 21.0. The fourth-order valence-corrected chi connectivity index (χ4v) is 9.14. The Labute approximate surface area is 220 Å². The summed E-state index contributed by atoms with van der Waals surface area (Å²) < 4.78 is 29.8. The highest BCUT2D eigenvalue weighted by molar-refractivity contribution is 6.30. The summed E-state index contributed by atoms with van der Waals surface area (Å²) >= 11 is 6.07. The van der Waals surface area contributed by atoms with Crippen LogP contribution in [0.1, 0.15) is 37.0 Å². The Morgan fingerprint density at radius 2 is 2.05 bits per heavy atom. The molecule has 0 aromatic heterocycles. The lowest BCUT2D eigenvalue weighted by molar-refractivity contribution is -0.314. The summed E-state index contributed by atoms with van der Waals surface area (Å²) in [5.41, 5.74) is -2.02. The second-order valence-electron chi connectivity index (χ2n) is 11.9. The minimum atomic E-state index is -1.48. The number of fused-ring (bicyclic) bond motifs is 3. The smallest absolute Gasteiger partial charge is 0.342 e. The van der Waals surface area contributed by atoms with Gasteiger partial charge in [-0.05, 0) is 60.3 Å². The largest absolute Gasteiger partial charge is 0.467 e. The number of halogens is 1. The van der Waals surface area contributed by atoms with Gasteiger partial charge in [-0.25, -0.2) is 9.59 Å². The molecule has 0 unspecified atom stereocenters. The summed E-state index contributed by atoms with van der Waals surface area (Å²) in [5, 5.41) is 12.2. The van der Waals surface area contributed by atoms with Crippen LogP contribution in [0.4, 0.5) is 0 Å². The molecule has 5 fully saturated rings. The van der Waals surface area contributed by atoms with Gasteiger partial charge in [0.25, 0.3) is 0 Å². The van der Waals surface area contributed by atoms with E-state index in [9.17, 15) is 14.7 Å². The van der Waals surface area contributed by atoms with Crippen molar-refractivity contribution in [3.8, 4) is 0 Å². The van der Waals surface area contributed by atoms with Crippen molar-refractivity contribution >= 4 is 23.5 Å². The van der Waals surface area contributed by atoms with Crippen molar-refractivity contribution in [3.63, 3.8) is 0 Å². The molecule has 8 nitrogen and oxygen atoms in total. The molecule has 3 saturated heterocycles. The highest BCUT2D eigenvalue weighted by Gasteiger charge is 2.79. The second-order valence-corrected chi connectivity index (χ2v) is 12.4. The van der Waals surface area contributed by atoms with Gasteiger partial charge in [0, 0.05) is 16.4 Å². The van der Waals surface area contributed by atoms with Crippen LogP contribution >= 0.6 is 11.6 Å². The summed E-state index contributed by atoms with van der Waals surface area (Å²) in [6, 6.07) is 6.41. The highest BCUT2D eigenvalue weighted by Crippen LogP contribution is 2.73. The fraction of sp³-hybridized carbons (Fsp3) is 0.643. The first-order valence-corrected chi connectivity index (χ1v) is 13.4. The Morgan fingerprint density at radius 3 is 2.81 bits per heavy atom. The molecular weight excluding hydrogens is 500 g/mol. The fourth-order valence-electron chi connectivity index (χ4n) is 8.95. The average molecular weight is 531 g/mol. The number of methoxy groups -OCH3 is 1. The summed E-state index contributed by atoms with van der Waals surface area (Å²) in [4.78, 5) is 26.3. The van der Waals surface area contributed by atoms with Gasteiger partial charge in [0.15, 0.2) is 5.60 Å². The van der Waals surface area contributed by atoms with E-state index in [1.54, 1.807) is 24.3 Å². The molecule has 2 saturated carbocycles. The Hall–Kier alpha value is -1.97. The van der Waals surface area contributed by atoms with Crippen LogP contribution in [0.3, 0.4) is 0 Å². The molecule has 6 aliphatic rings. The van der Waals surface area contributed by atoms with E-state index in [0.717, 1.165) is 6.42 Å². The molecular formula is C28H31ClO8. The van der Waals surface area contributed by atoms with Gasteiger partial charge in [-0.15, -0.1) is 0 Å². The summed E-state index contributed by atoms with van der Waals surface area (Å²) in [6.07, 6.45) is 3.01. The number of allylic oxidation sites excluding steroid dienone is 1. The molecule has 12 atom stereocenters. The summed E-state index contributed by atoms with van der Waals surface area (Å²) in [6.45, 7) is 4.80. The average Bonchev–Trinajstić information content (AvgIpc) is 3.60. The zero-order valence-corrected chi connectivity index (χ0v) is 21.7. The number of esters is 2. The lowest BCUT2D eigenvalue weighted by atomic mass is 9.40. The van der Waals surface area contributed by atoms with Gasteiger partial charge in [0.05, 0.1) is 37.6 Å². The predicted octanol–water partition coefficient (Wildman–Crippen LogP) is 3.15. The minimum absolute atomic E-state index is 0.0131. The number of benzene rings is 1. The van der Waals surface area contributed by atoms with Crippen LogP contribution in [-0.2, 0) is 28.5 Å². The van der Waals surface area contributed by atoms with E-state index in [2.05, 4.69) is 19.9 Å².